The number of allylic oxidation sites excluding steroid dienone is 2. The third kappa shape index (κ3) is 3.68. The molecule has 2 rings (SSSR count). The molecule has 0 fully saturated rings. The zero-order valence-corrected chi connectivity index (χ0v) is 12.9. The number of benzene rings is 1. The number of hydrogen-bond acceptors (Lipinski definition) is 4. The van der Waals surface area contributed by atoms with E-state index in [1.807, 2.05) is 30.5 Å². The van der Waals surface area contributed by atoms with Gasteiger partial charge in [-0.3, -0.25) is 9.59 Å². The number of thiocyanates is 1. The van der Waals surface area contributed by atoms with Crippen LogP contribution in [0.3, 0.4) is 0 Å². The highest BCUT2D eigenvalue weighted by atomic mass is 32.2. The van der Waals surface area contributed by atoms with Crippen LogP contribution in [0.25, 0.3) is 0 Å². The van der Waals surface area contributed by atoms with Crippen LogP contribution in [0, 0.1) is 29.4 Å². The standard InChI is InChI=1S/C16H16N2O3S/c1-10-8-11(22-9-17)6-7-14(10)18-15(19)12-4-2-3-5-13(12)16(20)21/h2-3,6-8,12-13H,4-5H2,1H3,(H,18,19)(H,20,21)/t12-,13-/m1/s1. The number of carbonyl (C=O) groups is 2. The number of rotatable bonds is 4. The number of aliphatic carboxylic acids is 1. The fourth-order valence-electron chi connectivity index (χ4n) is 2.49. The summed E-state index contributed by atoms with van der Waals surface area (Å²) in [6.45, 7) is 1.84. The number of hydrogen-bond donors (Lipinski definition) is 2. The molecule has 0 radical (unpaired) electrons. The minimum atomic E-state index is -0.943. The van der Waals surface area contributed by atoms with Crippen LogP contribution in [0.2, 0.25) is 0 Å². The Bertz CT molecular complexity index is 664. The number of amides is 1. The molecule has 2 N–H and O–H groups in total. The first-order valence-corrected chi connectivity index (χ1v) is 7.70. The van der Waals surface area contributed by atoms with Gasteiger partial charge in [0.25, 0.3) is 0 Å². The molecule has 1 aliphatic carbocycles. The van der Waals surface area contributed by atoms with E-state index in [0.717, 1.165) is 22.2 Å². The third-order valence-corrected chi connectivity index (χ3v) is 4.29. The van der Waals surface area contributed by atoms with E-state index < -0.39 is 17.8 Å². The van der Waals surface area contributed by atoms with Crippen LogP contribution in [0.4, 0.5) is 5.69 Å². The van der Waals surface area contributed by atoms with E-state index in [1.165, 1.54) is 0 Å². The van der Waals surface area contributed by atoms with Crippen molar-refractivity contribution < 1.29 is 14.7 Å². The maximum absolute atomic E-state index is 12.4. The SMILES string of the molecule is Cc1cc(SC#N)ccc1NC(=O)[C@@H]1CC=CC[C@H]1C(=O)O. The zero-order chi connectivity index (χ0) is 16.1. The van der Waals surface area contributed by atoms with E-state index in [1.54, 1.807) is 12.1 Å². The van der Waals surface area contributed by atoms with Gasteiger partial charge >= 0.3 is 5.97 Å². The summed E-state index contributed by atoms with van der Waals surface area (Å²) < 4.78 is 0. The fourth-order valence-corrected chi connectivity index (χ4v) is 2.97. The number of carboxylic acid groups (broad SMARTS) is 1. The van der Waals surface area contributed by atoms with Crippen molar-refractivity contribution in [2.45, 2.75) is 24.7 Å². The molecule has 0 saturated heterocycles. The minimum Gasteiger partial charge on any atom is -0.481 e. The van der Waals surface area contributed by atoms with Crippen molar-refractivity contribution in [3.8, 4) is 5.40 Å². The summed E-state index contributed by atoms with van der Waals surface area (Å²) in [6, 6.07) is 5.31. The number of anilines is 1. The average Bonchev–Trinajstić information content (AvgIpc) is 2.50. The summed E-state index contributed by atoms with van der Waals surface area (Å²) >= 11 is 1.06. The van der Waals surface area contributed by atoms with E-state index in [4.69, 9.17) is 5.26 Å². The maximum atomic E-state index is 12.4. The molecule has 6 heteroatoms. The molecular formula is C16H16N2O3S. The molecule has 1 aromatic rings. The molecule has 1 amide bonds. The molecule has 1 aliphatic rings. The number of aryl methyl sites for hydroxylation is 1. The summed E-state index contributed by atoms with van der Waals surface area (Å²) in [7, 11) is 0. The molecule has 0 unspecified atom stereocenters. The lowest BCUT2D eigenvalue weighted by Gasteiger charge is -2.24. The predicted molar refractivity (Wildman–Crippen MR) is 84.3 cm³/mol. The fraction of sp³-hybridized carbons (Fsp3) is 0.312. The van der Waals surface area contributed by atoms with Crippen molar-refractivity contribution in [1.82, 2.24) is 0 Å². The van der Waals surface area contributed by atoms with E-state index in [9.17, 15) is 14.7 Å². The number of thioether (sulfide) groups is 1. The number of carboxylic acids is 1. The van der Waals surface area contributed by atoms with Crippen molar-refractivity contribution in [2.75, 3.05) is 5.32 Å². The summed E-state index contributed by atoms with van der Waals surface area (Å²) in [4.78, 5) is 24.4. The molecule has 0 spiro atoms. The van der Waals surface area contributed by atoms with Gasteiger partial charge in [-0.15, -0.1) is 0 Å². The van der Waals surface area contributed by atoms with Crippen molar-refractivity contribution in [1.29, 1.82) is 5.26 Å². The van der Waals surface area contributed by atoms with Gasteiger partial charge < -0.3 is 10.4 Å². The number of nitrogens with zero attached hydrogens (tertiary/aromatic N) is 1. The molecule has 1 aromatic carbocycles. The summed E-state index contributed by atoms with van der Waals surface area (Å²) in [6.07, 6.45) is 4.47. The quantitative estimate of drug-likeness (QED) is 0.506. The molecule has 0 heterocycles. The van der Waals surface area contributed by atoms with Crippen molar-refractivity contribution in [3.05, 3.63) is 35.9 Å². The molecule has 0 saturated carbocycles. The second-order valence-electron chi connectivity index (χ2n) is 5.15. The van der Waals surface area contributed by atoms with E-state index in [-0.39, 0.29) is 5.91 Å². The number of carbonyl (C=O) groups excluding carboxylic acids is 1. The highest BCUT2D eigenvalue weighted by Gasteiger charge is 2.34. The van der Waals surface area contributed by atoms with Gasteiger partial charge in [0.15, 0.2) is 0 Å². The Hall–Kier alpha value is -2.26. The number of nitriles is 1. The summed E-state index contributed by atoms with van der Waals surface area (Å²) in [5.74, 6) is -2.46. The van der Waals surface area contributed by atoms with Crippen LogP contribution in [0.1, 0.15) is 18.4 Å². The molecule has 0 aromatic heterocycles. The van der Waals surface area contributed by atoms with Gasteiger partial charge in [0, 0.05) is 10.6 Å². The molecule has 22 heavy (non-hydrogen) atoms. The monoisotopic (exact) mass is 316 g/mol. The second-order valence-corrected chi connectivity index (χ2v) is 6.01. The van der Waals surface area contributed by atoms with Gasteiger partial charge in [0.1, 0.15) is 5.40 Å². The van der Waals surface area contributed by atoms with Gasteiger partial charge in [-0.2, -0.15) is 5.26 Å². The minimum absolute atomic E-state index is 0.277. The van der Waals surface area contributed by atoms with E-state index >= 15 is 0 Å². The average molecular weight is 316 g/mol. The van der Waals surface area contributed by atoms with Crippen molar-refractivity contribution in [3.63, 3.8) is 0 Å². The predicted octanol–water partition coefficient (Wildman–Crippen LogP) is 3.17. The lowest BCUT2D eigenvalue weighted by atomic mass is 9.82. The van der Waals surface area contributed by atoms with E-state index in [2.05, 4.69) is 5.32 Å². The normalized spacial score (nSPS) is 20.2. The Kier molecular flexibility index (Phi) is 5.23. The van der Waals surface area contributed by atoms with Gasteiger partial charge in [-0.1, -0.05) is 12.2 Å². The Morgan fingerprint density at radius 3 is 2.59 bits per heavy atom. The number of nitrogens with one attached hydrogen (secondary N) is 1. The molecule has 0 aliphatic heterocycles. The summed E-state index contributed by atoms with van der Waals surface area (Å²) in [5.41, 5.74) is 1.48. The van der Waals surface area contributed by atoms with Crippen LogP contribution in [-0.2, 0) is 9.59 Å². The van der Waals surface area contributed by atoms with Gasteiger partial charge in [-0.25, -0.2) is 0 Å². The maximum Gasteiger partial charge on any atom is 0.307 e. The van der Waals surface area contributed by atoms with Crippen LogP contribution in [-0.4, -0.2) is 17.0 Å². The second kappa shape index (κ2) is 7.14. The Labute approximate surface area is 133 Å². The van der Waals surface area contributed by atoms with Gasteiger partial charge in [-0.05, 0) is 55.3 Å². The third-order valence-electron chi connectivity index (χ3n) is 3.71. The molecular weight excluding hydrogens is 300 g/mol. The summed E-state index contributed by atoms with van der Waals surface area (Å²) in [5, 5.41) is 22.7. The zero-order valence-electron chi connectivity index (χ0n) is 12.1. The molecule has 2 atom stereocenters. The van der Waals surface area contributed by atoms with Crippen molar-refractivity contribution >= 4 is 29.3 Å². The van der Waals surface area contributed by atoms with Crippen LogP contribution < -0.4 is 5.32 Å². The molecule has 5 nitrogen and oxygen atoms in total. The first-order chi connectivity index (χ1) is 10.5. The van der Waals surface area contributed by atoms with E-state index in [0.29, 0.717) is 18.5 Å². The van der Waals surface area contributed by atoms with Crippen molar-refractivity contribution in [2.24, 2.45) is 11.8 Å². The first kappa shape index (κ1) is 16.1. The van der Waals surface area contributed by atoms with Gasteiger partial charge in [0.2, 0.25) is 5.91 Å². The highest BCUT2D eigenvalue weighted by Crippen LogP contribution is 2.29. The molecule has 0 bridgehead atoms. The Balaban J connectivity index is 2.13. The van der Waals surface area contributed by atoms with Crippen LogP contribution in [0.15, 0.2) is 35.2 Å². The Morgan fingerprint density at radius 2 is 2.00 bits per heavy atom. The first-order valence-electron chi connectivity index (χ1n) is 6.88. The smallest absolute Gasteiger partial charge is 0.307 e. The van der Waals surface area contributed by atoms with Gasteiger partial charge in [0.05, 0.1) is 11.8 Å². The molecule has 114 valence electrons. The largest absolute Gasteiger partial charge is 0.481 e. The van der Waals surface area contributed by atoms with Crippen LogP contribution >= 0.6 is 11.8 Å². The lowest BCUT2D eigenvalue weighted by molar-refractivity contribution is -0.146. The topological polar surface area (TPSA) is 90.2 Å². The lowest BCUT2D eigenvalue weighted by Crippen LogP contribution is -2.34. The van der Waals surface area contributed by atoms with Crippen LogP contribution in [0.5, 0.6) is 0 Å². The Morgan fingerprint density at radius 1 is 1.32 bits per heavy atom. The highest BCUT2D eigenvalue weighted by molar-refractivity contribution is 8.03.